The third kappa shape index (κ3) is 4.95. The highest BCUT2D eigenvalue weighted by Gasteiger charge is 2.30. The summed E-state index contributed by atoms with van der Waals surface area (Å²) in [6.45, 7) is 1.43. The van der Waals surface area contributed by atoms with E-state index in [0.29, 0.717) is 11.1 Å². The molecule has 0 aliphatic heterocycles. The summed E-state index contributed by atoms with van der Waals surface area (Å²) >= 11 is 0. The van der Waals surface area contributed by atoms with Crippen LogP contribution in [0.4, 0.5) is 13.2 Å². The Hall–Kier alpha value is -3.40. The standard InChI is InChI=1S/C20H19F3N4O3/c1-12(11-28)26-18(29)13-7-17(14-9-25-27(2)10-14)19(24-8-13)30-16-5-3-15(4-6-16)20(21,22)23/h3-10,12,28H,11H2,1-2H3,(H,26,29)/t12-/m1/s1. The number of amides is 1. The van der Waals surface area contributed by atoms with Gasteiger partial charge in [-0.1, -0.05) is 0 Å². The maximum Gasteiger partial charge on any atom is 0.416 e. The number of rotatable bonds is 6. The number of aromatic nitrogens is 3. The monoisotopic (exact) mass is 420 g/mol. The van der Waals surface area contributed by atoms with Crippen LogP contribution < -0.4 is 10.1 Å². The average Bonchev–Trinajstić information content (AvgIpc) is 3.14. The average molecular weight is 420 g/mol. The van der Waals surface area contributed by atoms with Crippen molar-refractivity contribution < 1.29 is 27.8 Å². The van der Waals surface area contributed by atoms with E-state index in [-0.39, 0.29) is 23.8 Å². The number of ether oxygens (including phenoxy) is 1. The van der Waals surface area contributed by atoms with Gasteiger partial charge in [0.1, 0.15) is 5.75 Å². The number of halogens is 3. The van der Waals surface area contributed by atoms with Crippen LogP contribution in [0.15, 0.2) is 48.9 Å². The molecule has 2 aromatic heterocycles. The highest BCUT2D eigenvalue weighted by molar-refractivity contribution is 5.95. The fourth-order valence-electron chi connectivity index (χ4n) is 2.60. The number of aryl methyl sites for hydroxylation is 1. The lowest BCUT2D eigenvalue weighted by molar-refractivity contribution is -0.137. The smallest absolute Gasteiger partial charge is 0.416 e. The Morgan fingerprint density at radius 2 is 1.97 bits per heavy atom. The maximum atomic E-state index is 12.8. The maximum absolute atomic E-state index is 12.8. The van der Waals surface area contributed by atoms with Gasteiger partial charge in [0, 0.05) is 36.6 Å². The Morgan fingerprint density at radius 3 is 2.53 bits per heavy atom. The van der Waals surface area contributed by atoms with Crippen molar-refractivity contribution in [2.75, 3.05) is 6.61 Å². The molecule has 1 aromatic carbocycles. The van der Waals surface area contributed by atoms with E-state index in [4.69, 9.17) is 9.84 Å². The minimum absolute atomic E-state index is 0.106. The zero-order valence-corrected chi connectivity index (χ0v) is 16.1. The number of aliphatic hydroxyl groups is 1. The minimum Gasteiger partial charge on any atom is -0.438 e. The molecule has 1 atom stereocenters. The highest BCUT2D eigenvalue weighted by Crippen LogP contribution is 2.34. The van der Waals surface area contributed by atoms with Crippen LogP contribution in [-0.2, 0) is 13.2 Å². The summed E-state index contributed by atoms with van der Waals surface area (Å²) in [5.74, 6) is -0.170. The van der Waals surface area contributed by atoms with E-state index in [9.17, 15) is 18.0 Å². The summed E-state index contributed by atoms with van der Waals surface area (Å²) in [5.41, 5.74) is 0.485. The molecule has 0 saturated heterocycles. The van der Waals surface area contributed by atoms with Crippen molar-refractivity contribution in [3.05, 3.63) is 60.0 Å². The van der Waals surface area contributed by atoms with Gasteiger partial charge in [0.15, 0.2) is 0 Å². The molecule has 10 heteroatoms. The van der Waals surface area contributed by atoms with Gasteiger partial charge in [0.25, 0.3) is 5.91 Å². The number of benzene rings is 1. The summed E-state index contributed by atoms with van der Waals surface area (Å²) in [6.07, 6.45) is 0.0837. The third-order valence-corrected chi connectivity index (χ3v) is 4.18. The Morgan fingerprint density at radius 1 is 1.27 bits per heavy atom. The quantitative estimate of drug-likeness (QED) is 0.638. The number of carbonyl (C=O) groups is 1. The molecule has 0 aliphatic carbocycles. The molecule has 0 unspecified atom stereocenters. The molecule has 0 fully saturated rings. The van der Waals surface area contributed by atoms with E-state index >= 15 is 0 Å². The topological polar surface area (TPSA) is 89.3 Å². The molecule has 0 radical (unpaired) electrons. The first-order chi connectivity index (χ1) is 14.2. The molecule has 2 heterocycles. The zero-order chi connectivity index (χ0) is 21.9. The van der Waals surface area contributed by atoms with Gasteiger partial charge in [-0.25, -0.2) is 4.98 Å². The second kappa shape index (κ2) is 8.54. The first-order valence-corrected chi connectivity index (χ1v) is 8.93. The van der Waals surface area contributed by atoms with Crippen molar-refractivity contribution in [3.8, 4) is 22.8 Å². The van der Waals surface area contributed by atoms with E-state index in [1.54, 1.807) is 37.1 Å². The first kappa shape index (κ1) is 21.3. The molecular weight excluding hydrogens is 401 g/mol. The van der Waals surface area contributed by atoms with Crippen molar-refractivity contribution in [1.82, 2.24) is 20.1 Å². The Labute approximate surface area is 170 Å². The Bertz CT molecular complexity index is 1030. The van der Waals surface area contributed by atoms with Crippen molar-refractivity contribution in [2.24, 2.45) is 7.05 Å². The predicted octanol–water partition coefficient (Wildman–Crippen LogP) is 3.40. The van der Waals surface area contributed by atoms with E-state index in [0.717, 1.165) is 12.1 Å². The van der Waals surface area contributed by atoms with E-state index in [1.807, 2.05) is 0 Å². The normalized spacial score (nSPS) is 12.5. The fourth-order valence-corrected chi connectivity index (χ4v) is 2.60. The Balaban J connectivity index is 1.94. The number of hydrogen-bond acceptors (Lipinski definition) is 5. The van der Waals surface area contributed by atoms with Gasteiger partial charge >= 0.3 is 6.18 Å². The van der Waals surface area contributed by atoms with Gasteiger partial charge in [0.2, 0.25) is 5.88 Å². The molecule has 2 N–H and O–H groups in total. The van der Waals surface area contributed by atoms with Gasteiger partial charge in [0.05, 0.1) is 23.9 Å². The molecule has 7 nitrogen and oxygen atoms in total. The highest BCUT2D eigenvalue weighted by atomic mass is 19.4. The van der Waals surface area contributed by atoms with Crippen LogP contribution in [0, 0.1) is 0 Å². The van der Waals surface area contributed by atoms with E-state index < -0.39 is 23.7 Å². The molecule has 0 spiro atoms. The summed E-state index contributed by atoms with van der Waals surface area (Å²) < 4.78 is 45.5. The molecule has 1 amide bonds. The molecule has 0 bridgehead atoms. The third-order valence-electron chi connectivity index (χ3n) is 4.18. The van der Waals surface area contributed by atoms with Gasteiger partial charge < -0.3 is 15.2 Å². The van der Waals surface area contributed by atoms with Gasteiger partial charge in [-0.3, -0.25) is 9.48 Å². The number of hydrogen-bond donors (Lipinski definition) is 2. The molecule has 158 valence electrons. The van der Waals surface area contributed by atoms with Crippen LogP contribution in [0.5, 0.6) is 11.6 Å². The summed E-state index contributed by atoms with van der Waals surface area (Å²) in [4.78, 5) is 16.6. The van der Waals surface area contributed by atoms with Crippen molar-refractivity contribution in [1.29, 1.82) is 0 Å². The minimum atomic E-state index is -4.45. The molecular formula is C20H19F3N4O3. The van der Waals surface area contributed by atoms with E-state index in [2.05, 4.69) is 15.4 Å². The van der Waals surface area contributed by atoms with Crippen molar-refractivity contribution in [3.63, 3.8) is 0 Å². The van der Waals surface area contributed by atoms with Crippen molar-refractivity contribution >= 4 is 5.91 Å². The fraction of sp³-hybridized carbons (Fsp3) is 0.250. The number of alkyl halides is 3. The lowest BCUT2D eigenvalue weighted by Crippen LogP contribution is -2.35. The van der Waals surface area contributed by atoms with Gasteiger partial charge in [-0.2, -0.15) is 18.3 Å². The lowest BCUT2D eigenvalue weighted by atomic mass is 10.1. The predicted molar refractivity (Wildman–Crippen MR) is 102 cm³/mol. The molecule has 3 aromatic rings. The van der Waals surface area contributed by atoms with Crippen LogP contribution in [-0.4, -0.2) is 38.4 Å². The van der Waals surface area contributed by atoms with Crippen LogP contribution in [0.3, 0.4) is 0 Å². The van der Waals surface area contributed by atoms with Crippen LogP contribution >= 0.6 is 0 Å². The number of nitrogens with zero attached hydrogens (tertiary/aromatic N) is 3. The van der Waals surface area contributed by atoms with E-state index in [1.165, 1.54) is 18.3 Å². The summed E-state index contributed by atoms with van der Waals surface area (Å²) in [7, 11) is 1.72. The molecule has 0 aliphatic rings. The van der Waals surface area contributed by atoms with Crippen LogP contribution in [0.1, 0.15) is 22.8 Å². The molecule has 0 saturated carbocycles. The first-order valence-electron chi connectivity index (χ1n) is 8.93. The molecule has 3 rings (SSSR count). The summed E-state index contributed by atoms with van der Waals surface area (Å²) in [5, 5.41) is 15.8. The number of nitrogens with one attached hydrogen (secondary N) is 1. The van der Waals surface area contributed by atoms with Gasteiger partial charge in [-0.15, -0.1) is 0 Å². The van der Waals surface area contributed by atoms with Crippen molar-refractivity contribution in [2.45, 2.75) is 19.1 Å². The second-order valence-electron chi connectivity index (χ2n) is 6.66. The Kier molecular flexibility index (Phi) is 6.06. The zero-order valence-electron chi connectivity index (χ0n) is 16.1. The number of carbonyl (C=O) groups excluding carboxylic acids is 1. The summed E-state index contributed by atoms with van der Waals surface area (Å²) in [6, 6.07) is 5.32. The second-order valence-corrected chi connectivity index (χ2v) is 6.66. The molecule has 30 heavy (non-hydrogen) atoms. The number of pyridine rings is 1. The largest absolute Gasteiger partial charge is 0.438 e. The van der Waals surface area contributed by atoms with Crippen LogP contribution in [0.2, 0.25) is 0 Å². The SMILES string of the molecule is C[C@H](CO)NC(=O)c1cnc(Oc2ccc(C(F)(F)F)cc2)c(-c2cnn(C)c2)c1. The lowest BCUT2D eigenvalue weighted by Gasteiger charge is -2.14. The number of aliphatic hydroxyl groups excluding tert-OH is 1. The van der Waals surface area contributed by atoms with Gasteiger partial charge in [-0.05, 0) is 37.3 Å². The van der Waals surface area contributed by atoms with Crippen LogP contribution in [0.25, 0.3) is 11.1 Å².